The van der Waals surface area contributed by atoms with E-state index in [2.05, 4.69) is 29.8 Å². The highest BCUT2D eigenvalue weighted by Gasteiger charge is 2.00. The molecule has 2 nitrogen and oxygen atoms in total. The maximum atomic E-state index is 9.38. The van der Waals surface area contributed by atoms with Crippen LogP contribution in [0.5, 0.6) is 0 Å². The number of nitrogens with zero attached hydrogens (tertiary/aromatic N) is 1. The number of anilines is 1. The maximum Gasteiger partial charge on any atom is 0.100 e. The van der Waals surface area contributed by atoms with Crippen LogP contribution in [0, 0.1) is 35.0 Å². The number of hydrogen-bond acceptors (Lipinski definition) is 2. The first-order valence-electron chi connectivity index (χ1n) is 7.73. The van der Waals surface area contributed by atoms with Gasteiger partial charge in [-0.15, -0.1) is 0 Å². The summed E-state index contributed by atoms with van der Waals surface area (Å²) in [6.07, 6.45) is 0. The smallest absolute Gasteiger partial charge is 0.100 e. The first-order valence-corrected chi connectivity index (χ1v) is 7.73. The molecule has 0 heterocycles. The van der Waals surface area contributed by atoms with Gasteiger partial charge in [-0.1, -0.05) is 41.9 Å². The largest absolute Gasteiger partial charge is 0.399 e. The zero-order chi connectivity index (χ0) is 17.5. The fourth-order valence-electron chi connectivity index (χ4n) is 2.20. The van der Waals surface area contributed by atoms with Gasteiger partial charge in [-0.05, 0) is 54.6 Å². The molecule has 2 heteroatoms. The molecule has 0 aliphatic rings. The van der Waals surface area contributed by atoms with Gasteiger partial charge in [0.2, 0.25) is 0 Å². The number of benzene rings is 3. The van der Waals surface area contributed by atoms with Crippen molar-refractivity contribution >= 4 is 5.69 Å². The molecule has 0 fully saturated rings. The van der Waals surface area contributed by atoms with E-state index in [0.29, 0.717) is 16.8 Å². The van der Waals surface area contributed by atoms with Gasteiger partial charge in [0.05, 0.1) is 5.56 Å². The molecule has 0 aliphatic carbocycles. The van der Waals surface area contributed by atoms with Crippen molar-refractivity contribution in [1.82, 2.24) is 0 Å². The molecule has 0 aromatic heterocycles. The molecule has 0 saturated heterocycles. The molecule has 0 radical (unpaired) electrons. The fourth-order valence-corrected chi connectivity index (χ4v) is 2.20. The molecular weight excluding hydrogens is 304 g/mol. The van der Waals surface area contributed by atoms with Gasteiger partial charge in [-0.25, -0.2) is 0 Å². The maximum absolute atomic E-state index is 9.38. The lowest BCUT2D eigenvalue weighted by atomic mass is 10.0. The SMILES string of the molecule is N#Cc1cc(C#Cc2ccc(N)cc2)ccc1C#Cc1ccccc1. The molecule has 0 bridgehead atoms. The number of nitrogens with two attached hydrogens (primary N) is 1. The Balaban J connectivity index is 1.87. The van der Waals surface area contributed by atoms with E-state index in [0.717, 1.165) is 16.7 Å². The van der Waals surface area contributed by atoms with E-state index in [-0.39, 0.29) is 0 Å². The third-order valence-corrected chi connectivity index (χ3v) is 3.52. The molecular formula is C23H14N2. The van der Waals surface area contributed by atoms with Crippen LogP contribution < -0.4 is 5.73 Å². The van der Waals surface area contributed by atoms with Gasteiger partial charge in [-0.2, -0.15) is 5.26 Å². The minimum absolute atomic E-state index is 0.521. The quantitative estimate of drug-likeness (QED) is 0.504. The lowest BCUT2D eigenvalue weighted by Crippen LogP contribution is -1.87. The summed E-state index contributed by atoms with van der Waals surface area (Å²) in [6, 6.07) is 24.7. The third-order valence-electron chi connectivity index (χ3n) is 3.52. The van der Waals surface area contributed by atoms with Crippen molar-refractivity contribution in [1.29, 1.82) is 5.26 Å². The highest BCUT2D eigenvalue weighted by atomic mass is 14.5. The molecule has 3 rings (SSSR count). The van der Waals surface area contributed by atoms with Gasteiger partial charge in [0, 0.05) is 27.9 Å². The first kappa shape index (κ1) is 15.9. The van der Waals surface area contributed by atoms with Crippen molar-refractivity contribution < 1.29 is 0 Å². The van der Waals surface area contributed by atoms with Crippen LogP contribution >= 0.6 is 0 Å². The molecule has 3 aromatic rings. The Morgan fingerprint density at radius 2 is 1.20 bits per heavy atom. The van der Waals surface area contributed by atoms with E-state index < -0.39 is 0 Å². The van der Waals surface area contributed by atoms with E-state index in [1.807, 2.05) is 66.7 Å². The summed E-state index contributed by atoms with van der Waals surface area (Å²) < 4.78 is 0. The molecule has 116 valence electrons. The first-order chi connectivity index (χ1) is 12.2. The Hall–Kier alpha value is -3.93. The topological polar surface area (TPSA) is 49.8 Å². The summed E-state index contributed by atoms with van der Waals surface area (Å²) >= 11 is 0. The lowest BCUT2D eigenvalue weighted by Gasteiger charge is -1.97. The van der Waals surface area contributed by atoms with Crippen molar-refractivity contribution in [3.63, 3.8) is 0 Å². The lowest BCUT2D eigenvalue weighted by molar-refractivity contribution is 1.46. The summed E-state index contributed by atoms with van der Waals surface area (Å²) in [5.41, 5.74) is 10.2. The van der Waals surface area contributed by atoms with Crippen LogP contribution in [-0.2, 0) is 0 Å². The summed E-state index contributed by atoms with van der Waals surface area (Å²) in [5.74, 6) is 12.3. The molecule has 0 amide bonds. The Morgan fingerprint density at radius 1 is 0.600 bits per heavy atom. The molecule has 0 unspecified atom stereocenters. The van der Waals surface area contributed by atoms with Gasteiger partial charge >= 0.3 is 0 Å². The van der Waals surface area contributed by atoms with Crippen LogP contribution in [0.25, 0.3) is 0 Å². The Bertz CT molecular complexity index is 1050. The molecule has 0 atom stereocenters. The van der Waals surface area contributed by atoms with E-state index in [4.69, 9.17) is 5.73 Å². The summed E-state index contributed by atoms with van der Waals surface area (Å²) in [4.78, 5) is 0. The van der Waals surface area contributed by atoms with Gasteiger partial charge < -0.3 is 5.73 Å². The average molecular weight is 318 g/mol. The Morgan fingerprint density at radius 3 is 1.92 bits per heavy atom. The van der Waals surface area contributed by atoms with Crippen molar-refractivity contribution in [2.24, 2.45) is 0 Å². The number of nitrogen functional groups attached to an aromatic ring is 1. The normalized spacial score (nSPS) is 9.08. The van der Waals surface area contributed by atoms with Crippen LogP contribution in [0.3, 0.4) is 0 Å². The van der Waals surface area contributed by atoms with Crippen LogP contribution in [-0.4, -0.2) is 0 Å². The van der Waals surface area contributed by atoms with Crippen molar-refractivity contribution in [3.05, 3.63) is 101 Å². The van der Waals surface area contributed by atoms with E-state index in [1.54, 1.807) is 6.07 Å². The second-order valence-electron chi connectivity index (χ2n) is 5.36. The number of hydrogen-bond donors (Lipinski definition) is 1. The summed E-state index contributed by atoms with van der Waals surface area (Å²) in [6.45, 7) is 0. The van der Waals surface area contributed by atoms with Crippen LogP contribution in [0.1, 0.15) is 27.8 Å². The molecule has 0 spiro atoms. The minimum atomic E-state index is 0.521. The van der Waals surface area contributed by atoms with Crippen molar-refractivity contribution in [2.45, 2.75) is 0 Å². The zero-order valence-corrected chi connectivity index (χ0v) is 13.5. The molecule has 0 saturated carbocycles. The Labute approximate surface area is 147 Å². The van der Waals surface area contributed by atoms with E-state index in [1.165, 1.54) is 0 Å². The fraction of sp³-hybridized carbons (Fsp3) is 0. The zero-order valence-electron chi connectivity index (χ0n) is 13.5. The molecule has 25 heavy (non-hydrogen) atoms. The molecule has 2 N–H and O–H groups in total. The monoisotopic (exact) mass is 318 g/mol. The standard InChI is InChI=1S/C23H14N2/c24-17-22-16-20(7-6-19-10-14-23(25)15-11-19)9-13-21(22)12-8-18-4-2-1-3-5-18/h1-5,9-11,13-16H,25H2. The third kappa shape index (κ3) is 4.29. The average Bonchev–Trinajstić information content (AvgIpc) is 2.67. The number of rotatable bonds is 0. The number of nitriles is 1. The van der Waals surface area contributed by atoms with Crippen molar-refractivity contribution in [3.8, 4) is 29.8 Å². The highest BCUT2D eigenvalue weighted by molar-refractivity contribution is 5.55. The van der Waals surface area contributed by atoms with Gasteiger partial charge in [-0.3, -0.25) is 0 Å². The minimum Gasteiger partial charge on any atom is -0.399 e. The van der Waals surface area contributed by atoms with Gasteiger partial charge in [0.25, 0.3) is 0 Å². The van der Waals surface area contributed by atoms with Gasteiger partial charge in [0.15, 0.2) is 0 Å². The highest BCUT2D eigenvalue weighted by Crippen LogP contribution is 2.11. The Kier molecular flexibility index (Phi) is 4.82. The van der Waals surface area contributed by atoms with E-state index >= 15 is 0 Å². The van der Waals surface area contributed by atoms with Crippen LogP contribution in [0.2, 0.25) is 0 Å². The predicted molar refractivity (Wildman–Crippen MR) is 100 cm³/mol. The summed E-state index contributed by atoms with van der Waals surface area (Å²) in [5, 5.41) is 9.38. The molecule has 0 aliphatic heterocycles. The van der Waals surface area contributed by atoms with E-state index in [9.17, 15) is 5.26 Å². The van der Waals surface area contributed by atoms with Crippen molar-refractivity contribution in [2.75, 3.05) is 5.73 Å². The predicted octanol–water partition coefficient (Wildman–Crippen LogP) is 3.94. The second kappa shape index (κ2) is 7.56. The second-order valence-corrected chi connectivity index (χ2v) is 5.36. The van der Waals surface area contributed by atoms with Crippen LogP contribution in [0.15, 0.2) is 72.8 Å². The summed E-state index contributed by atoms with van der Waals surface area (Å²) in [7, 11) is 0. The van der Waals surface area contributed by atoms with Crippen LogP contribution in [0.4, 0.5) is 5.69 Å². The van der Waals surface area contributed by atoms with Gasteiger partial charge in [0.1, 0.15) is 6.07 Å². The molecule has 3 aromatic carbocycles.